The van der Waals surface area contributed by atoms with Gasteiger partial charge in [0.2, 0.25) is 5.91 Å². The van der Waals surface area contributed by atoms with E-state index in [4.69, 9.17) is 10.5 Å². The minimum Gasteiger partial charge on any atom is -0.381 e. The second kappa shape index (κ2) is 11.0. The third-order valence-corrected chi connectivity index (χ3v) is 6.87. The second-order valence-corrected chi connectivity index (χ2v) is 8.77. The Morgan fingerprint density at radius 3 is 2.47 bits per heavy atom. The molecule has 1 aromatic carbocycles. The molecule has 1 aliphatic carbocycles. The number of primary amides is 1. The maximum atomic E-state index is 14.0. The van der Waals surface area contributed by atoms with Crippen LogP contribution in [0.4, 0.5) is 14.5 Å². The van der Waals surface area contributed by atoms with Crippen LogP contribution < -0.4 is 10.6 Å². The summed E-state index contributed by atoms with van der Waals surface area (Å²) in [5, 5.41) is 0. The number of nitrogens with two attached hydrogens (primary N) is 1. The quantitative estimate of drug-likeness (QED) is 0.660. The van der Waals surface area contributed by atoms with E-state index < -0.39 is 11.6 Å². The van der Waals surface area contributed by atoms with E-state index in [1.165, 1.54) is 31.4 Å². The summed E-state index contributed by atoms with van der Waals surface area (Å²) < 4.78 is 32.7. The molecule has 3 rings (SSSR count). The Kier molecular flexibility index (Phi) is 8.45. The molecule has 1 aromatic rings. The number of hydrogen-bond donors (Lipinski definition) is 1. The first-order valence-corrected chi connectivity index (χ1v) is 11.2. The van der Waals surface area contributed by atoms with Gasteiger partial charge in [-0.05, 0) is 56.2 Å². The molecule has 0 bridgehead atoms. The Morgan fingerprint density at radius 2 is 1.87 bits per heavy atom. The zero-order chi connectivity index (χ0) is 21.5. The maximum Gasteiger partial charge on any atom is 0.217 e. The molecule has 2 aliphatic rings. The van der Waals surface area contributed by atoms with E-state index in [0.717, 1.165) is 64.0 Å². The summed E-state index contributed by atoms with van der Waals surface area (Å²) in [6.07, 6.45) is 7.17. The molecule has 1 unspecified atom stereocenters. The van der Waals surface area contributed by atoms with E-state index in [9.17, 15) is 13.6 Å². The second-order valence-electron chi connectivity index (χ2n) is 8.77. The van der Waals surface area contributed by atoms with Gasteiger partial charge >= 0.3 is 0 Å². The van der Waals surface area contributed by atoms with Crippen molar-refractivity contribution in [2.24, 2.45) is 17.6 Å². The van der Waals surface area contributed by atoms with Crippen LogP contribution in [0.3, 0.4) is 0 Å². The van der Waals surface area contributed by atoms with Crippen molar-refractivity contribution in [2.75, 3.05) is 44.7 Å². The van der Waals surface area contributed by atoms with Crippen LogP contribution in [0.25, 0.3) is 0 Å². The first-order chi connectivity index (χ1) is 14.5. The van der Waals surface area contributed by atoms with E-state index in [0.29, 0.717) is 18.0 Å². The molecule has 1 heterocycles. The normalized spacial score (nSPS) is 24.0. The lowest BCUT2D eigenvalue weighted by Crippen LogP contribution is -2.47. The first kappa shape index (κ1) is 22.9. The van der Waals surface area contributed by atoms with Crippen molar-refractivity contribution in [3.05, 3.63) is 29.8 Å². The third kappa shape index (κ3) is 6.38. The number of amides is 1. The van der Waals surface area contributed by atoms with E-state index in [2.05, 4.69) is 4.90 Å². The highest BCUT2D eigenvalue weighted by molar-refractivity contribution is 5.73. The molecule has 2 fully saturated rings. The summed E-state index contributed by atoms with van der Waals surface area (Å²) in [6.45, 7) is 4.43. The number of carbonyl (C=O) groups is 1. The van der Waals surface area contributed by atoms with Crippen molar-refractivity contribution in [2.45, 2.75) is 51.0 Å². The molecular formula is C23H35F2N3O2. The smallest absolute Gasteiger partial charge is 0.217 e. The highest BCUT2D eigenvalue weighted by atomic mass is 19.1. The number of hydrogen-bond acceptors (Lipinski definition) is 4. The Bertz CT molecular complexity index is 687. The molecule has 1 aliphatic heterocycles. The highest BCUT2D eigenvalue weighted by Crippen LogP contribution is 2.35. The van der Waals surface area contributed by atoms with Crippen molar-refractivity contribution >= 4 is 11.6 Å². The van der Waals surface area contributed by atoms with Crippen LogP contribution in [0.5, 0.6) is 0 Å². The van der Waals surface area contributed by atoms with Crippen LogP contribution in [-0.2, 0) is 9.53 Å². The monoisotopic (exact) mass is 423 g/mol. The third-order valence-electron chi connectivity index (χ3n) is 6.87. The van der Waals surface area contributed by atoms with Gasteiger partial charge in [-0.25, -0.2) is 8.78 Å². The summed E-state index contributed by atoms with van der Waals surface area (Å²) in [7, 11) is 1.73. The van der Waals surface area contributed by atoms with Crippen LogP contribution in [-0.4, -0.2) is 56.7 Å². The molecule has 5 nitrogen and oxygen atoms in total. The van der Waals surface area contributed by atoms with Gasteiger partial charge in [0.15, 0.2) is 0 Å². The van der Waals surface area contributed by atoms with Crippen LogP contribution in [0, 0.1) is 23.5 Å². The molecule has 1 saturated heterocycles. The van der Waals surface area contributed by atoms with Gasteiger partial charge in [0.05, 0.1) is 11.8 Å². The van der Waals surface area contributed by atoms with Crippen molar-refractivity contribution in [3.63, 3.8) is 0 Å². The van der Waals surface area contributed by atoms with Crippen LogP contribution in [0.1, 0.15) is 44.9 Å². The number of carbonyl (C=O) groups excluding carboxylic acids is 1. The SMILES string of the molecule is COC(CCC(N)=O)C1CCC(CCN2CCN(c3ccc(F)cc3F)CC2)CC1. The van der Waals surface area contributed by atoms with Gasteiger partial charge in [0, 0.05) is 45.8 Å². The molecule has 1 saturated carbocycles. The van der Waals surface area contributed by atoms with Gasteiger partial charge in [-0.15, -0.1) is 0 Å². The number of piperazine rings is 1. The van der Waals surface area contributed by atoms with Gasteiger partial charge in [-0.1, -0.05) is 12.8 Å². The standard InChI is InChI=1S/C23H35F2N3O2/c1-30-22(8-9-23(26)29)18-4-2-17(3-5-18)10-11-27-12-14-28(15-13-27)21-7-6-19(24)16-20(21)25/h6-7,16-18,22H,2-5,8-15H2,1H3,(H2,26,29). The summed E-state index contributed by atoms with van der Waals surface area (Å²) >= 11 is 0. The molecule has 2 N–H and O–H groups in total. The molecule has 0 spiro atoms. The fraction of sp³-hybridized carbons (Fsp3) is 0.696. The van der Waals surface area contributed by atoms with Crippen molar-refractivity contribution in [1.82, 2.24) is 4.90 Å². The predicted molar refractivity (Wildman–Crippen MR) is 114 cm³/mol. The zero-order valence-corrected chi connectivity index (χ0v) is 18.0. The number of halogens is 2. The van der Waals surface area contributed by atoms with Gasteiger partial charge < -0.3 is 15.4 Å². The Morgan fingerprint density at radius 1 is 1.17 bits per heavy atom. The Labute approximate surface area is 178 Å². The van der Waals surface area contributed by atoms with E-state index in [1.54, 1.807) is 7.11 Å². The minimum atomic E-state index is -0.533. The average molecular weight is 424 g/mol. The fourth-order valence-corrected chi connectivity index (χ4v) is 4.99. The maximum absolute atomic E-state index is 14.0. The largest absolute Gasteiger partial charge is 0.381 e. The van der Waals surface area contributed by atoms with Crippen LogP contribution >= 0.6 is 0 Å². The number of nitrogens with zero attached hydrogens (tertiary/aromatic N) is 2. The molecule has 0 aromatic heterocycles. The number of methoxy groups -OCH3 is 1. The average Bonchev–Trinajstić information content (AvgIpc) is 2.74. The van der Waals surface area contributed by atoms with E-state index in [1.807, 2.05) is 4.90 Å². The molecule has 1 atom stereocenters. The number of benzene rings is 1. The first-order valence-electron chi connectivity index (χ1n) is 11.2. The Hall–Kier alpha value is -1.73. The number of ether oxygens (including phenoxy) is 1. The lowest BCUT2D eigenvalue weighted by atomic mass is 9.77. The van der Waals surface area contributed by atoms with Crippen molar-refractivity contribution in [1.29, 1.82) is 0 Å². The molecule has 30 heavy (non-hydrogen) atoms. The molecule has 168 valence electrons. The van der Waals surface area contributed by atoms with Gasteiger partial charge in [-0.3, -0.25) is 9.69 Å². The van der Waals surface area contributed by atoms with Crippen LogP contribution in [0.2, 0.25) is 0 Å². The van der Waals surface area contributed by atoms with Crippen molar-refractivity contribution < 1.29 is 18.3 Å². The minimum absolute atomic E-state index is 0.137. The summed E-state index contributed by atoms with van der Waals surface area (Å²) in [5.74, 6) is -0.00471. The zero-order valence-electron chi connectivity index (χ0n) is 18.0. The molecule has 0 radical (unpaired) electrons. The topological polar surface area (TPSA) is 58.8 Å². The van der Waals surface area contributed by atoms with Gasteiger partial charge in [0.1, 0.15) is 11.6 Å². The lowest BCUT2D eigenvalue weighted by Gasteiger charge is -2.38. The Balaban J connectivity index is 1.36. The fourth-order valence-electron chi connectivity index (χ4n) is 4.99. The molecule has 1 amide bonds. The predicted octanol–water partition coefficient (Wildman–Crippen LogP) is 3.56. The summed E-state index contributed by atoms with van der Waals surface area (Å²) in [4.78, 5) is 15.5. The van der Waals surface area contributed by atoms with E-state index >= 15 is 0 Å². The lowest BCUT2D eigenvalue weighted by molar-refractivity contribution is -0.119. The van der Waals surface area contributed by atoms with Crippen molar-refractivity contribution in [3.8, 4) is 0 Å². The number of anilines is 1. The molecule has 7 heteroatoms. The van der Waals surface area contributed by atoms with Gasteiger partial charge in [0.25, 0.3) is 0 Å². The van der Waals surface area contributed by atoms with Gasteiger partial charge in [-0.2, -0.15) is 0 Å². The highest BCUT2D eigenvalue weighted by Gasteiger charge is 2.28. The number of rotatable bonds is 9. The van der Waals surface area contributed by atoms with E-state index in [-0.39, 0.29) is 12.0 Å². The summed E-state index contributed by atoms with van der Waals surface area (Å²) in [6, 6.07) is 3.82. The summed E-state index contributed by atoms with van der Waals surface area (Å²) in [5.41, 5.74) is 5.78. The molecular weight excluding hydrogens is 388 g/mol. The van der Waals surface area contributed by atoms with Crippen LogP contribution in [0.15, 0.2) is 18.2 Å².